The van der Waals surface area contributed by atoms with Crippen LogP contribution in [0.25, 0.3) is 0 Å². The molecule has 1 aromatic rings. The second-order valence-electron chi connectivity index (χ2n) is 3.44. The number of likely N-dealkylation sites (tertiary alicyclic amines) is 1. The van der Waals surface area contributed by atoms with E-state index in [1.165, 1.54) is 6.26 Å². The van der Waals surface area contributed by atoms with Crippen molar-refractivity contribution < 1.29 is 9.21 Å². The summed E-state index contributed by atoms with van der Waals surface area (Å²) in [5, 5.41) is 0. The highest BCUT2D eigenvalue weighted by atomic mass is 79.9. The molecule has 0 saturated carbocycles. The van der Waals surface area contributed by atoms with Crippen molar-refractivity contribution >= 4 is 21.8 Å². The van der Waals surface area contributed by atoms with Crippen molar-refractivity contribution in [3.05, 3.63) is 22.6 Å². The first-order chi connectivity index (χ1) is 6.66. The van der Waals surface area contributed by atoms with Crippen molar-refractivity contribution in [2.24, 2.45) is 5.73 Å². The van der Waals surface area contributed by atoms with Gasteiger partial charge in [-0.05, 0) is 22.4 Å². The Balaban J connectivity index is 2.09. The van der Waals surface area contributed by atoms with Crippen LogP contribution >= 0.6 is 15.9 Å². The summed E-state index contributed by atoms with van der Waals surface area (Å²) in [5.74, 6) is -0.00704. The Morgan fingerprint density at radius 3 is 3.00 bits per heavy atom. The van der Waals surface area contributed by atoms with Gasteiger partial charge in [-0.15, -0.1) is 0 Å². The van der Waals surface area contributed by atoms with Gasteiger partial charge in [0.25, 0.3) is 5.91 Å². The van der Waals surface area contributed by atoms with Gasteiger partial charge < -0.3 is 15.1 Å². The summed E-state index contributed by atoms with van der Waals surface area (Å²) in [6, 6.07) is 1.79. The molecule has 1 amide bonds. The molecule has 1 saturated heterocycles. The lowest BCUT2D eigenvalue weighted by Crippen LogP contribution is -2.31. The average molecular weight is 259 g/mol. The lowest BCUT2D eigenvalue weighted by atomic mass is 10.3. The van der Waals surface area contributed by atoms with Gasteiger partial charge in [0.1, 0.15) is 6.26 Å². The maximum atomic E-state index is 11.8. The van der Waals surface area contributed by atoms with Gasteiger partial charge in [-0.3, -0.25) is 4.79 Å². The smallest absolute Gasteiger partial charge is 0.257 e. The zero-order valence-corrected chi connectivity index (χ0v) is 9.16. The minimum absolute atomic E-state index is 0.00704. The first kappa shape index (κ1) is 9.73. The SMILES string of the molecule is N[C@@H]1CCN(C(=O)c2coc(Br)c2)C1. The van der Waals surface area contributed by atoms with Crippen molar-refractivity contribution in [1.82, 2.24) is 4.90 Å². The lowest BCUT2D eigenvalue weighted by Gasteiger charge is -2.13. The van der Waals surface area contributed by atoms with E-state index in [9.17, 15) is 4.79 Å². The summed E-state index contributed by atoms with van der Waals surface area (Å²) in [4.78, 5) is 13.5. The Bertz CT molecular complexity index is 350. The molecule has 2 rings (SSSR count). The zero-order valence-electron chi connectivity index (χ0n) is 7.57. The fourth-order valence-electron chi connectivity index (χ4n) is 1.58. The maximum Gasteiger partial charge on any atom is 0.257 e. The molecule has 2 N–H and O–H groups in total. The zero-order chi connectivity index (χ0) is 10.1. The molecule has 76 valence electrons. The molecule has 0 aromatic carbocycles. The van der Waals surface area contributed by atoms with Gasteiger partial charge in [-0.1, -0.05) is 0 Å². The lowest BCUT2D eigenvalue weighted by molar-refractivity contribution is 0.0790. The molecular weight excluding hydrogens is 248 g/mol. The number of halogens is 1. The third kappa shape index (κ3) is 1.83. The molecular formula is C9H11BrN2O2. The molecule has 5 heteroatoms. The monoisotopic (exact) mass is 258 g/mol. The molecule has 4 nitrogen and oxygen atoms in total. The van der Waals surface area contributed by atoms with Crippen LogP contribution in [0.1, 0.15) is 16.8 Å². The molecule has 1 aromatic heterocycles. The molecule has 0 radical (unpaired) electrons. The molecule has 0 unspecified atom stereocenters. The maximum absolute atomic E-state index is 11.8. The molecule has 1 aliphatic rings. The van der Waals surface area contributed by atoms with E-state index >= 15 is 0 Å². The number of carbonyl (C=O) groups excluding carboxylic acids is 1. The molecule has 1 atom stereocenters. The average Bonchev–Trinajstić information content (AvgIpc) is 2.73. The van der Waals surface area contributed by atoms with Crippen molar-refractivity contribution in [3.8, 4) is 0 Å². The number of hydrogen-bond donors (Lipinski definition) is 1. The number of furan rings is 1. The number of rotatable bonds is 1. The van der Waals surface area contributed by atoms with E-state index < -0.39 is 0 Å². The Morgan fingerprint density at radius 1 is 1.71 bits per heavy atom. The second kappa shape index (κ2) is 3.74. The van der Waals surface area contributed by atoms with Gasteiger partial charge in [0.05, 0.1) is 5.56 Å². The topological polar surface area (TPSA) is 59.5 Å². The quantitative estimate of drug-likeness (QED) is 0.824. The minimum atomic E-state index is -0.00704. The third-order valence-electron chi connectivity index (χ3n) is 2.33. The molecule has 0 aliphatic carbocycles. The van der Waals surface area contributed by atoms with Gasteiger partial charge in [0.2, 0.25) is 0 Å². The minimum Gasteiger partial charge on any atom is -0.457 e. The largest absolute Gasteiger partial charge is 0.457 e. The van der Waals surface area contributed by atoms with Gasteiger partial charge in [0.15, 0.2) is 4.67 Å². The first-order valence-electron chi connectivity index (χ1n) is 4.45. The van der Waals surface area contributed by atoms with Gasteiger partial charge >= 0.3 is 0 Å². The summed E-state index contributed by atoms with van der Waals surface area (Å²) in [7, 11) is 0. The normalized spacial score (nSPS) is 21.6. The van der Waals surface area contributed by atoms with Crippen molar-refractivity contribution in [2.45, 2.75) is 12.5 Å². The van der Waals surface area contributed by atoms with Crippen LogP contribution in [-0.4, -0.2) is 29.9 Å². The van der Waals surface area contributed by atoms with Crippen LogP contribution in [0.5, 0.6) is 0 Å². The van der Waals surface area contributed by atoms with Crippen molar-refractivity contribution in [1.29, 1.82) is 0 Å². The van der Waals surface area contributed by atoms with Crippen LogP contribution in [0, 0.1) is 0 Å². The van der Waals surface area contributed by atoms with E-state index in [-0.39, 0.29) is 11.9 Å². The van der Waals surface area contributed by atoms with Crippen LogP contribution in [0.3, 0.4) is 0 Å². The van der Waals surface area contributed by atoms with Crippen LogP contribution in [0.2, 0.25) is 0 Å². The molecule has 0 spiro atoms. The van der Waals surface area contributed by atoms with Crippen molar-refractivity contribution in [3.63, 3.8) is 0 Å². The summed E-state index contributed by atoms with van der Waals surface area (Å²) >= 11 is 3.16. The summed E-state index contributed by atoms with van der Waals surface area (Å²) in [6.45, 7) is 1.38. The highest BCUT2D eigenvalue weighted by molar-refractivity contribution is 9.10. The Hall–Kier alpha value is -0.810. The van der Waals surface area contributed by atoms with Gasteiger partial charge in [0, 0.05) is 25.2 Å². The molecule has 2 heterocycles. The number of nitrogens with zero attached hydrogens (tertiary/aromatic N) is 1. The number of nitrogens with two attached hydrogens (primary N) is 1. The predicted molar refractivity (Wildman–Crippen MR) is 54.9 cm³/mol. The fraction of sp³-hybridized carbons (Fsp3) is 0.444. The van der Waals surface area contributed by atoms with E-state index in [2.05, 4.69) is 15.9 Å². The van der Waals surface area contributed by atoms with E-state index in [0.29, 0.717) is 16.8 Å². The Morgan fingerprint density at radius 2 is 2.50 bits per heavy atom. The first-order valence-corrected chi connectivity index (χ1v) is 5.25. The standard InChI is InChI=1S/C9H11BrN2O2/c10-8-3-6(5-14-8)9(13)12-2-1-7(11)4-12/h3,5,7H,1-2,4,11H2/t7-/m1/s1. The van der Waals surface area contributed by atoms with Crippen LogP contribution in [0.15, 0.2) is 21.4 Å². The summed E-state index contributed by atoms with van der Waals surface area (Å²) in [6.07, 6.45) is 2.33. The molecule has 0 bridgehead atoms. The van der Waals surface area contributed by atoms with Crippen molar-refractivity contribution in [2.75, 3.05) is 13.1 Å². The highest BCUT2D eigenvalue weighted by Gasteiger charge is 2.25. The van der Waals surface area contributed by atoms with E-state index in [1.807, 2.05) is 0 Å². The van der Waals surface area contributed by atoms with Crippen LogP contribution in [-0.2, 0) is 0 Å². The summed E-state index contributed by atoms with van der Waals surface area (Å²) in [5.41, 5.74) is 6.29. The summed E-state index contributed by atoms with van der Waals surface area (Å²) < 4.78 is 5.58. The van der Waals surface area contributed by atoms with Gasteiger partial charge in [-0.2, -0.15) is 0 Å². The number of carbonyl (C=O) groups is 1. The van der Waals surface area contributed by atoms with Gasteiger partial charge in [-0.25, -0.2) is 0 Å². The fourth-order valence-corrected chi connectivity index (χ4v) is 1.92. The molecule has 1 aliphatic heterocycles. The second-order valence-corrected chi connectivity index (χ2v) is 4.22. The molecule has 14 heavy (non-hydrogen) atoms. The van der Waals surface area contributed by atoms with E-state index in [1.54, 1.807) is 11.0 Å². The Kier molecular flexibility index (Phi) is 2.60. The van der Waals surface area contributed by atoms with Crippen LogP contribution in [0.4, 0.5) is 0 Å². The number of hydrogen-bond acceptors (Lipinski definition) is 3. The highest BCUT2D eigenvalue weighted by Crippen LogP contribution is 2.17. The Labute approximate surface area is 90.2 Å². The predicted octanol–water partition coefficient (Wildman–Crippen LogP) is 1.22. The third-order valence-corrected chi connectivity index (χ3v) is 2.74. The molecule has 1 fully saturated rings. The van der Waals surface area contributed by atoms with Crippen LogP contribution < -0.4 is 5.73 Å². The number of amides is 1. The van der Waals surface area contributed by atoms with E-state index in [0.717, 1.165) is 13.0 Å². The van der Waals surface area contributed by atoms with E-state index in [4.69, 9.17) is 10.2 Å².